The van der Waals surface area contributed by atoms with Gasteiger partial charge in [0.15, 0.2) is 0 Å². The minimum absolute atomic E-state index is 0.136. The molecule has 1 aromatic rings. The molecule has 6 heteroatoms. The van der Waals surface area contributed by atoms with E-state index < -0.39 is 10.0 Å². The molecule has 0 amide bonds. The summed E-state index contributed by atoms with van der Waals surface area (Å²) in [5.74, 6) is 1.02. The number of fused-ring (bicyclic) bond motifs is 2. The van der Waals surface area contributed by atoms with Crippen LogP contribution in [0.3, 0.4) is 0 Å². The molecule has 0 N–H and O–H groups in total. The molecule has 1 aromatic heterocycles. The number of piperidine rings is 1. The molecule has 1 aliphatic heterocycles. The van der Waals surface area contributed by atoms with Gasteiger partial charge in [-0.05, 0) is 37.2 Å². The molecule has 0 radical (unpaired) electrons. The summed E-state index contributed by atoms with van der Waals surface area (Å²) in [6.07, 6.45) is 7.55. The highest BCUT2D eigenvalue weighted by atomic mass is 35.5. The fourth-order valence-electron chi connectivity index (χ4n) is 3.27. The van der Waals surface area contributed by atoms with Crippen LogP contribution in [-0.4, -0.2) is 30.8 Å². The zero-order valence-corrected chi connectivity index (χ0v) is 12.2. The van der Waals surface area contributed by atoms with E-state index in [0.717, 1.165) is 12.8 Å². The molecule has 2 atom stereocenters. The van der Waals surface area contributed by atoms with Gasteiger partial charge in [0.1, 0.15) is 4.90 Å². The Balaban J connectivity index is 1.91. The van der Waals surface area contributed by atoms with E-state index in [4.69, 9.17) is 11.6 Å². The van der Waals surface area contributed by atoms with Gasteiger partial charge in [0.05, 0.1) is 5.02 Å². The minimum Gasteiger partial charge on any atom is -0.263 e. The molecule has 2 unspecified atom stereocenters. The van der Waals surface area contributed by atoms with E-state index >= 15 is 0 Å². The SMILES string of the molecule is O=S(=O)(c1cnccc1Cl)N1CC2CCCC(C2)C1. The minimum atomic E-state index is -3.50. The molecule has 0 spiro atoms. The second-order valence-corrected chi connectivity index (χ2v) is 7.84. The predicted octanol–water partition coefficient (Wildman–Crippen LogP) is 2.55. The highest BCUT2D eigenvalue weighted by molar-refractivity contribution is 7.89. The van der Waals surface area contributed by atoms with Crippen molar-refractivity contribution in [3.63, 3.8) is 0 Å². The Kier molecular flexibility index (Phi) is 3.53. The van der Waals surface area contributed by atoms with E-state index in [9.17, 15) is 8.42 Å². The number of rotatable bonds is 2. The van der Waals surface area contributed by atoms with Gasteiger partial charge in [-0.25, -0.2) is 8.42 Å². The van der Waals surface area contributed by atoms with Crippen LogP contribution < -0.4 is 0 Å². The third-order valence-electron chi connectivity index (χ3n) is 4.17. The molecule has 2 bridgehead atoms. The van der Waals surface area contributed by atoms with Crippen molar-refractivity contribution in [1.82, 2.24) is 9.29 Å². The number of hydrogen-bond acceptors (Lipinski definition) is 3. The summed E-state index contributed by atoms with van der Waals surface area (Å²) in [4.78, 5) is 4.02. The molecule has 19 heavy (non-hydrogen) atoms. The fourth-order valence-corrected chi connectivity index (χ4v) is 5.27. The number of halogens is 1. The van der Waals surface area contributed by atoms with Crippen molar-refractivity contribution in [1.29, 1.82) is 0 Å². The van der Waals surface area contributed by atoms with Crippen molar-refractivity contribution < 1.29 is 8.42 Å². The summed E-state index contributed by atoms with van der Waals surface area (Å²) in [5, 5.41) is 0.255. The Labute approximate surface area is 118 Å². The highest BCUT2D eigenvalue weighted by Crippen LogP contribution is 2.37. The molecular weight excluding hydrogens is 284 g/mol. The molecule has 4 nitrogen and oxygen atoms in total. The first-order chi connectivity index (χ1) is 9.07. The molecule has 3 rings (SSSR count). The third kappa shape index (κ3) is 2.51. The smallest absolute Gasteiger partial charge is 0.246 e. The van der Waals surface area contributed by atoms with Gasteiger partial charge in [-0.2, -0.15) is 4.31 Å². The molecule has 2 aliphatic rings. The Morgan fingerprint density at radius 1 is 1.26 bits per heavy atom. The summed E-state index contributed by atoms with van der Waals surface area (Å²) in [6.45, 7) is 1.26. The zero-order valence-electron chi connectivity index (χ0n) is 10.6. The van der Waals surface area contributed by atoms with Crippen LogP contribution >= 0.6 is 11.6 Å². The molecular formula is C13H17ClN2O2S. The second kappa shape index (κ2) is 5.04. The summed E-state index contributed by atoms with van der Waals surface area (Å²) < 4.78 is 26.9. The number of sulfonamides is 1. The van der Waals surface area contributed by atoms with Gasteiger partial charge in [0, 0.05) is 25.5 Å². The standard InChI is InChI=1S/C13H17ClN2O2S/c14-12-4-5-15-7-13(12)19(17,18)16-8-10-2-1-3-11(6-10)9-16/h4-5,7,10-11H,1-3,6,8-9H2. The maximum atomic E-state index is 12.6. The van der Waals surface area contributed by atoms with E-state index in [2.05, 4.69) is 4.98 Å². The van der Waals surface area contributed by atoms with E-state index in [1.54, 1.807) is 4.31 Å². The summed E-state index contributed by atoms with van der Waals surface area (Å²) in [6, 6.07) is 1.53. The Morgan fingerprint density at radius 2 is 1.95 bits per heavy atom. The lowest BCUT2D eigenvalue weighted by molar-refractivity contribution is 0.144. The van der Waals surface area contributed by atoms with Crippen LogP contribution in [0.25, 0.3) is 0 Å². The number of pyridine rings is 1. The Morgan fingerprint density at radius 3 is 2.58 bits per heavy atom. The maximum Gasteiger partial charge on any atom is 0.246 e. The predicted molar refractivity (Wildman–Crippen MR) is 73.5 cm³/mol. The van der Waals surface area contributed by atoms with Crippen molar-refractivity contribution in [3.8, 4) is 0 Å². The van der Waals surface area contributed by atoms with E-state index in [0.29, 0.717) is 24.9 Å². The summed E-state index contributed by atoms with van der Waals surface area (Å²) >= 11 is 6.00. The number of nitrogens with zero attached hydrogens (tertiary/aromatic N) is 2. The van der Waals surface area contributed by atoms with E-state index in [1.807, 2.05) is 0 Å². The van der Waals surface area contributed by atoms with Crippen LogP contribution in [0.2, 0.25) is 5.02 Å². The molecule has 104 valence electrons. The second-order valence-electron chi connectivity index (χ2n) is 5.53. The van der Waals surface area contributed by atoms with Crippen molar-refractivity contribution in [2.75, 3.05) is 13.1 Å². The van der Waals surface area contributed by atoms with Crippen LogP contribution in [0.1, 0.15) is 25.7 Å². The first kappa shape index (κ1) is 13.3. The van der Waals surface area contributed by atoms with Gasteiger partial charge in [-0.1, -0.05) is 18.0 Å². The normalized spacial score (nSPS) is 28.3. The van der Waals surface area contributed by atoms with Crippen molar-refractivity contribution in [2.45, 2.75) is 30.6 Å². The average Bonchev–Trinajstić information content (AvgIpc) is 2.38. The lowest BCUT2D eigenvalue weighted by atomic mass is 9.79. The topological polar surface area (TPSA) is 50.3 Å². The largest absolute Gasteiger partial charge is 0.263 e. The lowest BCUT2D eigenvalue weighted by Crippen LogP contribution is -2.45. The molecule has 1 saturated carbocycles. The fraction of sp³-hybridized carbons (Fsp3) is 0.615. The average molecular weight is 301 g/mol. The van der Waals surface area contributed by atoms with Gasteiger partial charge in [-0.3, -0.25) is 4.98 Å². The first-order valence-corrected chi connectivity index (χ1v) is 8.49. The van der Waals surface area contributed by atoms with Gasteiger partial charge < -0.3 is 0 Å². The van der Waals surface area contributed by atoms with Gasteiger partial charge in [0.25, 0.3) is 0 Å². The number of hydrogen-bond donors (Lipinski definition) is 0. The molecule has 1 aliphatic carbocycles. The molecule has 1 saturated heterocycles. The zero-order chi connectivity index (χ0) is 13.5. The summed E-state index contributed by atoms with van der Waals surface area (Å²) in [7, 11) is -3.50. The molecule has 2 heterocycles. The van der Waals surface area contributed by atoms with E-state index in [1.165, 1.54) is 31.3 Å². The first-order valence-electron chi connectivity index (χ1n) is 6.67. The maximum absolute atomic E-state index is 12.6. The summed E-state index contributed by atoms with van der Waals surface area (Å²) in [5.41, 5.74) is 0. The van der Waals surface area contributed by atoms with Crippen molar-refractivity contribution in [2.24, 2.45) is 11.8 Å². The lowest BCUT2D eigenvalue weighted by Gasteiger charge is -2.40. The van der Waals surface area contributed by atoms with Crippen LogP contribution in [0.4, 0.5) is 0 Å². The molecule has 2 fully saturated rings. The number of aromatic nitrogens is 1. The van der Waals surface area contributed by atoms with Gasteiger partial charge in [0.2, 0.25) is 10.0 Å². The van der Waals surface area contributed by atoms with Crippen LogP contribution in [0.5, 0.6) is 0 Å². The van der Waals surface area contributed by atoms with Crippen LogP contribution in [0, 0.1) is 11.8 Å². The Bertz CT molecular complexity index is 564. The third-order valence-corrected chi connectivity index (χ3v) is 6.47. The van der Waals surface area contributed by atoms with Crippen molar-refractivity contribution in [3.05, 3.63) is 23.5 Å². The van der Waals surface area contributed by atoms with Gasteiger partial charge in [-0.15, -0.1) is 0 Å². The highest BCUT2D eigenvalue weighted by Gasteiger charge is 2.37. The van der Waals surface area contributed by atoms with Crippen LogP contribution in [-0.2, 0) is 10.0 Å². The van der Waals surface area contributed by atoms with Crippen LogP contribution in [0.15, 0.2) is 23.4 Å². The Hall–Kier alpha value is -0.650. The quantitative estimate of drug-likeness (QED) is 0.843. The van der Waals surface area contributed by atoms with E-state index in [-0.39, 0.29) is 9.92 Å². The molecule has 0 aromatic carbocycles. The van der Waals surface area contributed by atoms with Gasteiger partial charge >= 0.3 is 0 Å². The monoisotopic (exact) mass is 300 g/mol. The van der Waals surface area contributed by atoms with Crippen molar-refractivity contribution >= 4 is 21.6 Å².